The van der Waals surface area contributed by atoms with Gasteiger partial charge in [-0.1, -0.05) is 122 Å². The van der Waals surface area contributed by atoms with Crippen LogP contribution in [0.2, 0.25) is 0 Å². The van der Waals surface area contributed by atoms with Crippen LogP contribution in [0, 0.1) is 0 Å². The molecule has 0 aliphatic rings. The fraction of sp³-hybridized carbons (Fsp3) is 1.00. The third-order valence-corrected chi connectivity index (χ3v) is 7.30. The molecule has 0 aromatic rings. The van der Waals surface area contributed by atoms with Gasteiger partial charge in [-0.3, -0.25) is 4.55 Å². The van der Waals surface area contributed by atoms with Crippen LogP contribution < -0.4 is 0 Å². The van der Waals surface area contributed by atoms with Gasteiger partial charge < -0.3 is 5.11 Å². The number of aliphatic hydroxyl groups excluding tert-OH is 1. The highest BCUT2D eigenvalue weighted by Gasteiger charge is 2.21. The lowest BCUT2D eigenvalue weighted by atomic mass is 10.0. The second-order valence-electron chi connectivity index (χ2n) is 8.80. The lowest BCUT2D eigenvalue weighted by molar-refractivity contribution is 0.282. The Morgan fingerprint density at radius 2 is 0.862 bits per heavy atom. The molecule has 0 rings (SSSR count). The van der Waals surface area contributed by atoms with Gasteiger partial charge in [-0.25, -0.2) is 0 Å². The summed E-state index contributed by atoms with van der Waals surface area (Å²) in [7, 11) is -3.91. The minimum Gasteiger partial charge on any atom is -0.396 e. The first kappa shape index (κ1) is 28.9. The summed E-state index contributed by atoms with van der Waals surface area (Å²) in [4.78, 5) is 0. The standard InChI is InChI=1S/C24H50O4S/c1-2-3-4-5-6-7-8-9-10-12-15-18-21-24(29(26,27)28)22-19-16-13-11-14-17-20-23-25/h24-25H,2-23H2,1H3,(H,26,27,28). The molecule has 0 saturated carbocycles. The number of rotatable bonds is 23. The first-order chi connectivity index (χ1) is 14.0. The number of unbranched alkanes of at least 4 members (excludes halogenated alkanes) is 17. The van der Waals surface area contributed by atoms with Gasteiger partial charge in [0.1, 0.15) is 0 Å². The van der Waals surface area contributed by atoms with Crippen molar-refractivity contribution in [2.24, 2.45) is 0 Å². The van der Waals surface area contributed by atoms with Crippen molar-refractivity contribution in [2.45, 2.75) is 147 Å². The van der Waals surface area contributed by atoms with Crippen LogP contribution in [0.3, 0.4) is 0 Å². The molecule has 0 aliphatic carbocycles. The third-order valence-electron chi connectivity index (χ3n) is 5.99. The van der Waals surface area contributed by atoms with Crippen molar-refractivity contribution in [1.29, 1.82) is 0 Å². The maximum absolute atomic E-state index is 11.6. The average Bonchev–Trinajstić information content (AvgIpc) is 2.68. The summed E-state index contributed by atoms with van der Waals surface area (Å²) in [5.41, 5.74) is 0. The van der Waals surface area contributed by atoms with Gasteiger partial charge in [-0.2, -0.15) is 8.42 Å². The van der Waals surface area contributed by atoms with Crippen LogP contribution in [-0.4, -0.2) is 29.9 Å². The van der Waals surface area contributed by atoms with Gasteiger partial charge >= 0.3 is 0 Å². The van der Waals surface area contributed by atoms with Gasteiger partial charge in [0.05, 0.1) is 5.25 Å². The minimum atomic E-state index is -3.91. The molecule has 0 aromatic carbocycles. The summed E-state index contributed by atoms with van der Waals surface area (Å²) in [6, 6.07) is 0. The molecule has 0 aromatic heterocycles. The van der Waals surface area contributed by atoms with E-state index in [9.17, 15) is 13.0 Å². The van der Waals surface area contributed by atoms with Crippen LogP contribution in [0.4, 0.5) is 0 Å². The zero-order valence-electron chi connectivity index (χ0n) is 19.3. The number of hydrogen-bond donors (Lipinski definition) is 2. The first-order valence-electron chi connectivity index (χ1n) is 12.6. The lowest BCUT2D eigenvalue weighted by Crippen LogP contribution is -2.20. The molecule has 1 unspecified atom stereocenters. The predicted octanol–water partition coefficient (Wildman–Crippen LogP) is 7.45. The van der Waals surface area contributed by atoms with E-state index in [1.54, 1.807) is 0 Å². The second kappa shape index (κ2) is 21.1. The average molecular weight is 435 g/mol. The number of aliphatic hydroxyl groups is 1. The Hall–Kier alpha value is -0.130. The summed E-state index contributed by atoms with van der Waals surface area (Å²) in [5.74, 6) is 0. The third kappa shape index (κ3) is 20.9. The van der Waals surface area contributed by atoms with Gasteiger partial charge in [-0.15, -0.1) is 0 Å². The van der Waals surface area contributed by atoms with Crippen molar-refractivity contribution in [3.8, 4) is 0 Å². The minimum absolute atomic E-state index is 0.273. The molecule has 0 saturated heterocycles. The maximum atomic E-state index is 11.6. The molecular weight excluding hydrogens is 384 g/mol. The van der Waals surface area contributed by atoms with Crippen LogP contribution in [0.5, 0.6) is 0 Å². The Labute approximate surface area is 182 Å². The van der Waals surface area contributed by atoms with E-state index >= 15 is 0 Å². The maximum Gasteiger partial charge on any atom is 0.267 e. The quantitative estimate of drug-likeness (QED) is 0.129. The van der Waals surface area contributed by atoms with Gasteiger partial charge in [0.15, 0.2) is 0 Å². The van der Waals surface area contributed by atoms with E-state index in [1.807, 2.05) is 0 Å². The van der Waals surface area contributed by atoms with Gasteiger partial charge in [-0.05, 0) is 19.3 Å². The highest BCUT2D eigenvalue weighted by Crippen LogP contribution is 2.19. The van der Waals surface area contributed by atoms with Crippen LogP contribution in [0.1, 0.15) is 142 Å². The van der Waals surface area contributed by atoms with Crippen molar-refractivity contribution < 1.29 is 18.1 Å². The van der Waals surface area contributed by atoms with Crippen molar-refractivity contribution in [3.63, 3.8) is 0 Å². The summed E-state index contributed by atoms with van der Waals surface area (Å²) in [6.07, 6.45) is 23.7. The Bertz CT molecular complexity index is 423. The van der Waals surface area contributed by atoms with Crippen molar-refractivity contribution in [1.82, 2.24) is 0 Å². The molecule has 0 aliphatic heterocycles. The first-order valence-corrected chi connectivity index (χ1v) is 14.1. The van der Waals surface area contributed by atoms with Gasteiger partial charge in [0.25, 0.3) is 10.1 Å². The fourth-order valence-electron chi connectivity index (χ4n) is 4.02. The lowest BCUT2D eigenvalue weighted by Gasteiger charge is -2.13. The zero-order chi connectivity index (χ0) is 21.6. The van der Waals surface area contributed by atoms with E-state index < -0.39 is 15.4 Å². The smallest absolute Gasteiger partial charge is 0.267 e. The molecule has 176 valence electrons. The van der Waals surface area contributed by atoms with E-state index in [4.69, 9.17) is 5.11 Å². The topological polar surface area (TPSA) is 74.6 Å². The molecule has 5 heteroatoms. The molecule has 4 nitrogen and oxygen atoms in total. The van der Waals surface area contributed by atoms with E-state index in [0.717, 1.165) is 57.8 Å². The molecular formula is C24H50O4S. The van der Waals surface area contributed by atoms with E-state index in [0.29, 0.717) is 12.8 Å². The summed E-state index contributed by atoms with van der Waals surface area (Å²) in [6.45, 7) is 2.53. The molecule has 0 heterocycles. The second-order valence-corrected chi connectivity index (χ2v) is 10.5. The predicted molar refractivity (Wildman–Crippen MR) is 125 cm³/mol. The van der Waals surface area contributed by atoms with Crippen LogP contribution >= 0.6 is 0 Å². The molecule has 0 radical (unpaired) electrons. The Balaban J connectivity index is 3.61. The van der Waals surface area contributed by atoms with Crippen LogP contribution in [0.25, 0.3) is 0 Å². The highest BCUT2D eigenvalue weighted by atomic mass is 32.2. The van der Waals surface area contributed by atoms with Crippen molar-refractivity contribution in [3.05, 3.63) is 0 Å². The summed E-state index contributed by atoms with van der Waals surface area (Å²) >= 11 is 0. The van der Waals surface area contributed by atoms with E-state index in [-0.39, 0.29) is 6.61 Å². The van der Waals surface area contributed by atoms with Crippen molar-refractivity contribution >= 4 is 10.1 Å². The zero-order valence-corrected chi connectivity index (χ0v) is 20.1. The SMILES string of the molecule is CCCCCCCCCCCCCCC(CCCCCCCCCO)S(=O)(=O)O. The normalized spacial score (nSPS) is 13.1. The monoisotopic (exact) mass is 434 g/mol. The van der Waals surface area contributed by atoms with E-state index in [2.05, 4.69) is 6.92 Å². The van der Waals surface area contributed by atoms with Crippen LogP contribution in [-0.2, 0) is 10.1 Å². The van der Waals surface area contributed by atoms with Crippen molar-refractivity contribution in [2.75, 3.05) is 6.61 Å². The molecule has 2 N–H and O–H groups in total. The number of hydrogen-bond acceptors (Lipinski definition) is 3. The Kier molecular flexibility index (Phi) is 21.0. The van der Waals surface area contributed by atoms with Gasteiger partial charge in [0.2, 0.25) is 0 Å². The fourth-order valence-corrected chi connectivity index (χ4v) is 4.95. The highest BCUT2D eigenvalue weighted by molar-refractivity contribution is 7.86. The molecule has 0 bridgehead atoms. The van der Waals surface area contributed by atoms with E-state index in [1.165, 1.54) is 64.2 Å². The molecule has 1 atom stereocenters. The summed E-state index contributed by atoms with van der Waals surface area (Å²) in [5, 5.41) is 8.18. The molecule has 0 fully saturated rings. The Morgan fingerprint density at radius 3 is 1.17 bits per heavy atom. The molecule has 0 spiro atoms. The van der Waals surface area contributed by atoms with Gasteiger partial charge in [0, 0.05) is 6.61 Å². The Morgan fingerprint density at radius 1 is 0.552 bits per heavy atom. The largest absolute Gasteiger partial charge is 0.396 e. The van der Waals surface area contributed by atoms with Crippen LogP contribution in [0.15, 0.2) is 0 Å². The molecule has 29 heavy (non-hydrogen) atoms. The summed E-state index contributed by atoms with van der Waals surface area (Å²) < 4.78 is 32.8. The molecule has 0 amide bonds.